The number of rotatable bonds is 5. The SMILES string of the molecule is Cc1c(O[Si](C)(C)C(C)(C)C)cc(-c2ccc(P(C)(C)=O)cc2)cc1C12OCC(C)(CO1)CO2. The third kappa shape index (κ3) is 4.68. The molecule has 2 aromatic rings. The molecule has 0 N–H and O–H groups in total. The van der Waals surface area contributed by atoms with Gasteiger partial charge in [-0.3, -0.25) is 0 Å². The van der Waals surface area contributed by atoms with Gasteiger partial charge < -0.3 is 23.2 Å². The number of hydrogen-bond donors (Lipinski definition) is 0. The predicted molar refractivity (Wildman–Crippen MR) is 141 cm³/mol. The summed E-state index contributed by atoms with van der Waals surface area (Å²) in [5.74, 6) is -0.379. The van der Waals surface area contributed by atoms with Crippen LogP contribution in [0.1, 0.15) is 38.8 Å². The molecule has 0 spiro atoms. The van der Waals surface area contributed by atoms with Gasteiger partial charge >= 0.3 is 5.97 Å². The zero-order valence-electron chi connectivity index (χ0n) is 22.1. The highest BCUT2D eigenvalue weighted by molar-refractivity contribution is 7.70. The van der Waals surface area contributed by atoms with E-state index in [0.717, 1.165) is 33.3 Å². The molecular weight excluding hydrogens is 463 g/mol. The highest BCUT2D eigenvalue weighted by Crippen LogP contribution is 2.48. The zero-order chi connectivity index (χ0) is 25.2. The van der Waals surface area contributed by atoms with E-state index in [1.807, 2.05) is 24.3 Å². The van der Waals surface area contributed by atoms with Crippen LogP contribution in [-0.4, -0.2) is 41.5 Å². The molecule has 34 heavy (non-hydrogen) atoms. The number of ether oxygens (including phenoxy) is 3. The van der Waals surface area contributed by atoms with E-state index in [-0.39, 0.29) is 10.5 Å². The van der Waals surface area contributed by atoms with Crippen molar-refractivity contribution in [1.82, 2.24) is 0 Å². The van der Waals surface area contributed by atoms with Gasteiger partial charge in [-0.2, -0.15) is 0 Å². The van der Waals surface area contributed by atoms with Crippen molar-refractivity contribution in [3.63, 3.8) is 0 Å². The van der Waals surface area contributed by atoms with Crippen LogP contribution in [-0.2, 0) is 24.7 Å². The summed E-state index contributed by atoms with van der Waals surface area (Å²) in [5.41, 5.74) is 3.72. The smallest absolute Gasteiger partial charge is 0.312 e. The molecule has 0 aromatic heterocycles. The van der Waals surface area contributed by atoms with Crippen molar-refractivity contribution in [3.8, 4) is 16.9 Å². The van der Waals surface area contributed by atoms with Gasteiger partial charge in [0.25, 0.3) is 0 Å². The van der Waals surface area contributed by atoms with E-state index in [1.165, 1.54) is 0 Å². The molecule has 186 valence electrons. The van der Waals surface area contributed by atoms with E-state index >= 15 is 0 Å². The summed E-state index contributed by atoms with van der Waals surface area (Å²) in [6, 6.07) is 12.2. The maximum atomic E-state index is 12.5. The Hall–Kier alpha value is -1.43. The normalized spacial score (nSPS) is 25.4. The molecule has 3 heterocycles. The molecule has 7 heteroatoms. The molecule has 5 nitrogen and oxygen atoms in total. The summed E-state index contributed by atoms with van der Waals surface area (Å²) in [7, 11) is -4.42. The molecule has 0 atom stereocenters. The highest BCUT2D eigenvalue weighted by atomic mass is 31.2. The fraction of sp³-hybridized carbons (Fsp3) is 0.556. The van der Waals surface area contributed by atoms with E-state index in [0.29, 0.717) is 19.8 Å². The van der Waals surface area contributed by atoms with Crippen molar-refractivity contribution in [3.05, 3.63) is 47.5 Å². The van der Waals surface area contributed by atoms with Crippen LogP contribution in [0.25, 0.3) is 11.1 Å². The van der Waals surface area contributed by atoms with Crippen molar-refractivity contribution in [2.24, 2.45) is 5.41 Å². The minimum Gasteiger partial charge on any atom is -0.543 e. The van der Waals surface area contributed by atoms with E-state index < -0.39 is 21.4 Å². The van der Waals surface area contributed by atoms with Crippen LogP contribution in [0.15, 0.2) is 36.4 Å². The third-order valence-electron chi connectivity index (χ3n) is 7.52. The lowest BCUT2D eigenvalue weighted by Gasteiger charge is -2.51. The standard InChI is InChI=1S/C27H39O5PSi/c1-19-23(27-29-16-26(5,17-30-27)18-31-27)14-21(15-24(19)32-34(8,9)25(2,3)4)20-10-12-22(13-11-20)33(6,7)28/h10-15H,16-18H2,1-9H3. The van der Waals surface area contributed by atoms with Gasteiger partial charge in [-0.1, -0.05) is 52.0 Å². The molecule has 0 unspecified atom stereocenters. The van der Waals surface area contributed by atoms with E-state index in [1.54, 1.807) is 13.3 Å². The monoisotopic (exact) mass is 502 g/mol. The Kier molecular flexibility index (Phi) is 6.27. The van der Waals surface area contributed by atoms with Crippen LogP contribution in [0, 0.1) is 12.3 Å². The van der Waals surface area contributed by atoms with Crippen LogP contribution in [0.3, 0.4) is 0 Å². The molecule has 0 saturated carbocycles. The molecule has 0 aliphatic carbocycles. The Morgan fingerprint density at radius 3 is 1.94 bits per heavy atom. The van der Waals surface area contributed by atoms with Gasteiger partial charge in [-0.25, -0.2) is 0 Å². The Labute approximate surface area is 205 Å². The van der Waals surface area contributed by atoms with Gasteiger partial charge in [-0.05, 0) is 61.6 Å². The van der Waals surface area contributed by atoms with Crippen LogP contribution in [0.4, 0.5) is 0 Å². The molecule has 3 fully saturated rings. The first kappa shape index (κ1) is 25.7. The first-order chi connectivity index (χ1) is 15.6. The lowest BCUT2D eigenvalue weighted by molar-refractivity contribution is -0.477. The van der Waals surface area contributed by atoms with Crippen LogP contribution >= 0.6 is 7.14 Å². The molecule has 2 aromatic carbocycles. The summed E-state index contributed by atoms with van der Waals surface area (Å²) in [5, 5.41) is 0.925. The minimum atomic E-state index is -2.32. The van der Waals surface area contributed by atoms with Gasteiger partial charge in [0.15, 0.2) is 0 Å². The zero-order valence-corrected chi connectivity index (χ0v) is 24.0. The quantitative estimate of drug-likeness (QED) is 0.346. The fourth-order valence-corrected chi connectivity index (χ4v) is 5.95. The van der Waals surface area contributed by atoms with Crippen LogP contribution in [0.2, 0.25) is 18.1 Å². The second-order valence-electron chi connectivity index (χ2n) is 12.1. The van der Waals surface area contributed by atoms with Crippen molar-refractivity contribution in [1.29, 1.82) is 0 Å². The largest absolute Gasteiger partial charge is 0.543 e. The molecule has 0 radical (unpaired) electrons. The molecule has 2 bridgehead atoms. The van der Waals surface area contributed by atoms with E-state index in [4.69, 9.17) is 18.6 Å². The molecule has 3 aliphatic heterocycles. The molecular formula is C27H39O5PSi. The van der Waals surface area contributed by atoms with Crippen molar-refractivity contribution >= 4 is 20.8 Å². The van der Waals surface area contributed by atoms with Gasteiger partial charge in [0, 0.05) is 21.8 Å². The molecule has 3 aliphatic rings. The predicted octanol–water partition coefficient (Wildman–Crippen LogP) is 6.49. The number of hydrogen-bond acceptors (Lipinski definition) is 5. The number of benzene rings is 2. The van der Waals surface area contributed by atoms with Crippen molar-refractivity contribution < 1.29 is 23.2 Å². The maximum absolute atomic E-state index is 12.5. The average Bonchev–Trinajstić information content (AvgIpc) is 2.74. The maximum Gasteiger partial charge on any atom is 0.312 e. The third-order valence-corrected chi connectivity index (χ3v) is 13.4. The summed E-state index contributed by atoms with van der Waals surface area (Å²) in [6.45, 7) is 20.8. The molecule has 3 saturated heterocycles. The number of fused-ring (bicyclic) bond motifs is 3. The van der Waals surface area contributed by atoms with Gasteiger partial charge in [0.05, 0.1) is 19.8 Å². The van der Waals surface area contributed by atoms with Crippen molar-refractivity contribution in [2.75, 3.05) is 33.2 Å². The second-order valence-corrected chi connectivity index (χ2v) is 20.1. The van der Waals surface area contributed by atoms with E-state index in [9.17, 15) is 4.57 Å². The van der Waals surface area contributed by atoms with Crippen LogP contribution in [0.5, 0.6) is 5.75 Å². The lowest BCUT2D eigenvalue weighted by atomic mass is 9.90. The summed E-state index contributed by atoms with van der Waals surface area (Å²) < 4.78 is 38.0. The Bertz CT molecular complexity index is 1100. The first-order valence-electron chi connectivity index (χ1n) is 12.0. The highest BCUT2D eigenvalue weighted by Gasteiger charge is 2.52. The van der Waals surface area contributed by atoms with Crippen LogP contribution < -0.4 is 9.73 Å². The topological polar surface area (TPSA) is 54.0 Å². The van der Waals surface area contributed by atoms with Gasteiger partial charge in [0.1, 0.15) is 12.9 Å². The minimum absolute atomic E-state index is 0.0555. The van der Waals surface area contributed by atoms with Crippen molar-refractivity contribution in [2.45, 2.75) is 58.7 Å². The summed E-state index contributed by atoms with van der Waals surface area (Å²) in [4.78, 5) is 0. The first-order valence-corrected chi connectivity index (χ1v) is 17.5. The summed E-state index contributed by atoms with van der Waals surface area (Å²) >= 11 is 0. The fourth-order valence-electron chi connectivity index (χ4n) is 4.01. The van der Waals surface area contributed by atoms with Gasteiger partial charge in [0.2, 0.25) is 8.32 Å². The second kappa shape index (κ2) is 8.31. The Morgan fingerprint density at radius 2 is 1.47 bits per heavy atom. The molecule has 0 amide bonds. The average molecular weight is 503 g/mol. The lowest BCUT2D eigenvalue weighted by Crippen LogP contribution is -2.57. The molecule has 5 rings (SSSR count). The van der Waals surface area contributed by atoms with E-state index in [2.05, 4.69) is 59.8 Å². The Balaban J connectivity index is 1.84. The Morgan fingerprint density at radius 1 is 0.941 bits per heavy atom. The van der Waals surface area contributed by atoms with Gasteiger partial charge in [-0.15, -0.1) is 0 Å². The summed E-state index contributed by atoms with van der Waals surface area (Å²) in [6.07, 6.45) is 0.